The molecule has 74 valence electrons. The van der Waals surface area contributed by atoms with Crippen LogP contribution in [0, 0.1) is 11.3 Å². The molecule has 1 atom stereocenters. The maximum atomic E-state index is 8.85. The summed E-state index contributed by atoms with van der Waals surface area (Å²) in [6.45, 7) is 2.28. The van der Waals surface area contributed by atoms with E-state index in [9.17, 15) is 0 Å². The predicted molar refractivity (Wildman–Crippen MR) is 56.4 cm³/mol. The average molecular weight is 230 g/mol. The van der Waals surface area contributed by atoms with Gasteiger partial charge in [-0.15, -0.1) is 0 Å². The van der Waals surface area contributed by atoms with E-state index in [1.54, 1.807) is 18.2 Å². The smallest absolute Gasteiger partial charge is 0.170 e. The van der Waals surface area contributed by atoms with Crippen molar-refractivity contribution in [2.24, 2.45) is 0 Å². The topological polar surface area (TPSA) is 33.0 Å². The molecule has 0 spiro atoms. The number of nitriles is 1. The second-order valence-corrected chi connectivity index (χ2v) is 3.39. The van der Waals surface area contributed by atoms with E-state index in [1.807, 2.05) is 13.0 Å². The van der Waals surface area contributed by atoms with Gasteiger partial charge >= 0.3 is 0 Å². The molecule has 0 aliphatic rings. The quantitative estimate of drug-likeness (QED) is 0.794. The summed E-state index contributed by atoms with van der Waals surface area (Å²) in [4.78, 5) is 0. The van der Waals surface area contributed by atoms with Gasteiger partial charge in [0.25, 0.3) is 0 Å². The number of hydrogen-bond acceptors (Lipinski definition) is 2. The van der Waals surface area contributed by atoms with Gasteiger partial charge in [0.15, 0.2) is 6.10 Å². The maximum absolute atomic E-state index is 8.85. The van der Waals surface area contributed by atoms with Crippen molar-refractivity contribution in [1.82, 2.24) is 0 Å². The Morgan fingerprint density at radius 1 is 1.50 bits per heavy atom. The molecule has 0 amide bonds. The summed E-state index contributed by atoms with van der Waals surface area (Å²) >= 11 is 11.8. The number of nitrogens with zero attached hydrogens (tertiary/aromatic N) is 1. The molecule has 2 nitrogen and oxygen atoms in total. The van der Waals surface area contributed by atoms with Gasteiger partial charge in [0.1, 0.15) is 0 Å². The molecule has 0 aliphatic heterocycles. The van der Waals surface area contributed by atoms with Gasteiger partial charge in [-0.05, 0) is 13.0 Å². The van der Waals surface area contributed by atoms with E-state index < -0.39 is 6.10 Å². The van der Waals surface area contributed by atoms with Gasteiger partial charge in [-0.3, -0.25) is 0 Å². The van der Waals surface area contributed by atoms with Gasteiger partial charge in [-0.25, -0.2) is 0 Å². The third kappa shape index (κ3) is 2.39. The fourth-order valence-electron chi connectivity index (χ4n) is 1.09. The van der Waals surface area contributed by atoms with Gasteiger partial charge in [0.2, 0.25) is 0 Å². The Kier molecular flexibility index (Phi) is 4.21. The van der Waals surface area contributed by atoms with Crippen molar-refractivity contribution in [3.8, 4) is 6.07 Å². The monoisotopic (exact) mass is 229 g/mol. The van der Waals surface area contributed by atoms with Crippen LogP contribution in [0.5, 0.6) is 0 Å². The molecule has 1 aromatic carbocycles. The Morgan fingerprint density at radius 2 is 2.21 bits per heavy atom. The zero-order valence-corrected chi connectivity index (χ0v) is 9.14. The molecule has 4 heteroatoms. The van der Waals surface area contributed by atoms with Crippen LogP contribution in [-0.2, 0) is 4.74 Å². The fraction of sp³-hybridized carbons (Fsp3) is 0.300. The van der Waals surface area contributed by atoms with Crippen molar-refractivity contribution in [2.45, 2.75) is 13.0 Å². The van der Waals surface area contributed by atoms with Crippen molar-refractivity contribution in [2.75, 3.05) is 6.61 Å². The van der Waals surface area contributed by atoms with Crippen molar-refractivity contribution in [3.05, 3.63) is 33.8 Å². The minimum atomic E-state index is -0.647. The van der Waals surface area contributed by atoms with Crippen molar-refractivity contribution in [3.63, 3.8) is 0 Å². The third-order valence-corrected chi connectivity index (χ3v) is 2.55. The van der Waals surface area contributed by atoms with Gasteiger partial charge < -0.3 is 4.74 Å². The minimum Gasteiger partial charge on any atom is -0.359 e. The summed E-state index contributed by atoms with van der Waals surface area (Å²) in [6, 6.07) is 7.17. The lowest BCUT2D eigenvalue weighted by molar-refractivity contribution is 0.102. The van der Waals surface area contributed by atoms with Gasteiger partial charge in [-0.1, -0.05) is 35.3 Å². The summed E-state index contributed by atoms with van der Waals surface area (Å²) in [5.41, 5.74) is 0.614. The normalized spacial score (nSPS) is 12.1. The first kappa shape index (κ1) is 11.3. The highest BCUT2D eigenvalue weighted by atomic mass is 35.5. The van der Waals surface area contributed by atoms with Crippen LogP contribution in [0.1, 0.15) is 18.6 Å². The molecule has 0 heterocycles. The van der Waals surface area contributed by atoms with E-state index in [4.69, 9.17) is 33.2 Å². The van der Waals surface area contributed by atoms with Gasteiger partial charge in [0.05, 0.1) is 16.1 Å². The van der Waals surface area contributed by atoms with Crippen LogP contribution in [0.25, 0.3) is 0 Å². The van der Waals surface area contributed by atoms with E-state index in [1.165, 1.54) is 0 Å². The molecule has 0 aliphatic carbocycles. The Morgan fingerprint density at radius 3 is 2.79 bits per heavy atom. The number of halogens is 2. The molecule has 0 aromatic heterocycles. The Balaban J connectivity index is 3.05. The second-order valence-electron chi connectivity index (χ2n) is 2.61. The van der Waals surface area contributed by atoms with Crippen molar-refractivity contribution < 1.29 is 4.74 Å². The molecule has 1 unspecified atom stereocenters. The lowest BCUT2D eigenvalue weighted by Crippen LogP contribution is -2.02. The highest BCUT2D eigenvalue weighted by molar-refractivity contribution is 6.42. The van der Waals surface area contributed by atoms with Crippen LogP contribution < -0.4 is 0 Å². The molecule has 14 heavy (non-hydrogen) atoms. The number of rotatable bonds is 3. The molecular weight excluding hydrogens is 221 g/mol. The second kappa shape index (κ2) is 5.21. The van der Waals surface area contributed by atoms with Crippen LogP contribution >= 0.6 is 23.2 Å². The Bertz CT molecular complexity index is 360. The fourth-order valence-corrected chi connectivity index (χ4v) is 1.49. The van der Waals surface area contributed by atoms with E-state index in [2.05, 4.69) is 0 Å². The summed E-state index contributed by atoms with van der Waals surface area (Å²) < 4.78 is 5.21. The largest absolute Gasteiger partial charge is 0.359 e. The van der Waals surface area contributed by atoms with E-state index >= 15 is 0 Å². The molecule has 1 aromatic rings. The zero-order chi connectivity index (χ0) is 10.6. The lowest BCUT2D eigenvalue weighted by atomic mass is 10.1. The van der Waals surface area contributed by atoms with Crippen molar-refractivity contribution >= 4 is 23.2 Å². The molecule has 0 saturated carbocycles. The molecule has 0 fully saturated rings. The standard InChI is InChI=1S/C10H9Cl2NO/c1-2-14-9(6-13)7-4-3-5-8(11)10(7)12/h3-5,9H,2H2,1H3. The summed E-state index contributed by atoms with van der Waals surface area (Å²) in [6.07, 6.45) is -0.647. The molecular formula is C10H9Cl2NO. The SMILES string of the molecule is CCOC(C#N)c1cccc(Cl)c1Cl. The highest BCUT2D eigenvalue weighted by Gasteiger charge is 2.15. The van der Waals surface area contributed by atoms with Crippen LogP contribution in [-0.4, -0.2) is 6.61 Å². The number of ether oxygens (including phenoxy) is 1. The van der Waals surface area contributed by atoms with Crippen LogP contribution in [0.4, 0.5) is 0 Å². The highest BCUT2D eigenvalue weighted by Crippen LogP contribution is 2.31. The lowest BCUT2D eigenvalue weighted by Gasteiger charge is -2.11. The molecule has 1 rings (SSSR count). The Labute approximate surface area is 93.0 Å². The molecule has 0 N–H and O–H groups in total. The van der Waals surface area contributed by atoms with E-state index in [0.717, 1.165) is 0 Å². The van der Waals surface area contributed by atoms with Gasteiger partial charge in [-0.2, -0.15) is 5.26 Å². The van der Waals surface area contributed by atoms with Crippen molar-refractivity contribution in [1.29, 1.82) is 5.26 Å². The maximum Gasteiger partial charge on any atom is 0.170 e. The van der Waals surface area contributed by atoms with E-state index in [-0.39, 0.29) is 0 Å². The zero-order valence-electron chi connectivity index (χ0n) is 7.63. The van der Waals surface area contributed by atoms with Crippen LogP contribution in [0.2, 0.25) is 10.0 Å². The first-order valence-corrected chi connectivity index (χ1v) is 4.91. The van der Waals surface area contributed by atoms with Gasteiger partial charge in [0, 0.05) is 12.2 Å². The first-order valence-electron chi connectivity index (χ1n) is 4.15. The average Bonchev–Trinajstić information content (AvgIpc) is 2.19. The molecule has 0 bridgehead atoms. The predicted octanol–water partition coefficient (Wildman–Crippen LogP) is 3.59. The number of benzene rings is 1. The molecule has 0 saturated heterocycles. The summed E-state index contributed by atoms with van der Waals surface area (Å²) in [7, 11) is 0. The first-order chi connectivity index (χ1) is 6.70. The Hall–Kier alpha value is -0.750. The van der Waals surface area contributed by atoms with Crippen LogP contribution in [0.15, 0.2) is 18.2 Å². The third-order valence-electron chi connectivity index (χ3n) is 1.71. The minimum absolute atomic E-state index is 0.383. The summed E-state index contributed by atoms with van der Waals surface area (Å²) in [5.74, 6) is 0. The number of hydrogen-bond donors (Lipinski definition) is 0. The van der Waals surface area contributed by atoms with E-state index in [0.29, 0.717) is 22.2 Å². The molecule has 0 radical (unpaired) electrons. The summed E-state index contributed by atoms with van der Waals surface area (Å²) in [5, 5.41) is 9.67. The van der Waals surface area contributed by atoms with Crippen LogP contribution in [0.3, 0.4) is 0 Å².